The SMILES string of the molecule is CSc1sc(C)cc1[C@H]1C(C(=O)Nc2ccc(C)cn2)=C(C)NC2=C1C(=O)CC(C)(C)C2. The number of thioether (sulfide) groups is 1. The Morgan fingerprint density at radius 1 is 1.25 bits per heavy atom. The van der Waals surface area contributed by atoms with Crippen molar-refractivity contribution in [2.24, 2.45) is 5.41 Å². The second-order valence-electron chi connectivity index (χ2n) is 9.41. The molecule has 1 amide bonds. The average Bonchev–Trinajstić information content (AvgIpc) is 3.08. The number of allylic oxidation sites excluding steroid dienone is 3. The number of carbonyl (C=O) groups excluding carboxylic acids is 2. The summed E-state index contributed by atoms with van der Waals surface area (Å²) in [6, 6.07) is 5.85. The van der Waals surface area contributed by atoms with Crippen molar-refractivity contribution < 1.29 is 9.59 Å². The van der Waals surface area contributed by atoms with Crippen LogP contribution in [0.1, 0.15) is 55.5 Å². The van der Waals surface area contributed by atoms with Crippen LogP contribution in [0.25, 0.3) is 0 Å². The van der Waals surface area contributed by atoms with Crippen molar-refractivity contribution in [2.75, 3.05) is 11.6 Å². The number of thiophene rings is 1. The zero-order valence-electron chi connectivity index (χ0n) is 19.4. The smallest absolute Gasteiger partial charge is 0.255 e. The summed E-state index contributed by atoms with van der Waals surface area (Å²) in [6.07, 6.45) is 5.04. The second kappa shape index (κ2) is 8.52. The molecule has 1 aliphatic carbocycles. The maximum atomic E-state index is 13.6. The minimum absolute atomic E-state index is 0.105. The normalized spacial score (nSPS) is 20.2. The number of aryl methyl sites for hydroxylation is 2. The number of rotatable bonds is 4. The largest absolute Gasteiger partial charge is 0.362 e. The highest BCUT2D eigenvalue weighted by atomic mass is 32.2. The molecule has 2 aromatic heterocycles. The third-order valence-corrected chi connectivity index (χ3v) is 8.20. The molecule has 0 aromatic carbocycles. The molecule has 1 aliphatic heterocycles. The zero-order valence-corrected chi connectivity index (χ0v) is 21.0. The van der Waals surface area contributed by atoms with Crippen molar-refractivity contribution in [3.05, 3.63) is 62.9 Å². The first-order valence-electron chi connectivity index (χ1n) is 10.7. The van der Waals surface area contributed by atoms with Gasteiger partial charge in [0.2, 0.25) is 0 Å². The van der Waals surface area contributed by atoms with E-state index in [0.29, 0.717) is 17.8 Å². The van der Waals surface area contributed by atoms with E-state index in [1.807, 2.05) is 26.2 Å². The topological polar surface area (TPSA) is 71.1 Å². The molecule has 2 N–H and O–H groups in total. The van der Waals surface area contributed by atoms with E-state index in [0.717, 1.165) is 38.7 Å². The number of hydrogen-bond donors (Lipinski definition) is 2. The minimum Gasteiger partial charge on any atom is -0.362 e. The molecule has 3 heterocycles. The van der Waals surface area contributed by atoms with E-state index in [1.165, 1.54) is 4.88 Å². The van der Waals surface area contributed by atoms with E-state index in [9.17, 15) is 9.59 Å². The maximum Gasteiger partial charge on any atom is 0.255 e. The molecule has 0 saturated heterocycles. The molecule has 0 spiro atoms. The molecule has 0 unspecified atom stereocenters. The molecule has 1 atom stereocenters. The Balaban J connectivity index is 1.83. The van der Waals surface area contributed by atoms with Gasteiger partial charge in [0.15, 0.2) is 5.78 Å². The average molecular weight is 468 g/mol. The fraction of sp³-hybridized carbons (Fsp3) is 0.400. The quantitative estimate of drug-likeness (QED) is 0.563. The lowest BCUT2D eigenvalue weighted by Gasteiger charge is -2.39. The third kappa shape index (κ3) is 4.28. The molecule has 168 valence electrons. The van der Waals surface area contributed by atoms with Crippen LogP contribution in [0.2, 0.25) is 0 Å². The summed E-state index contributed by atoms with van der Waals surface area (Å²) in [4.78, 5) is 32.5. The van der Waals surface area contributed by atoms with E-state index in [4.69, 9.17) is 0 Å². The highest BCUT2D eigenvalue weighted by Crippen LogP contribution is 2.49. The van der Waals surface area contributed by atoms with Crippen molar-refractivity contribution >= 4 is 40.6 Å². The number of hydrogen-bond acceptors (Lipinski definition) is 6. The van der Waals surface area contributed by atoms with Gasteiger partial charge in [0, 0.05) is 46.0 Å². The van der Waals surface area contributed by atoms with Crippen LogP contribution in [0.4, 0.5) is 5.82 Å². The lowest BCUT2D eigenvalue weighted by atomic mass is 9.69. The first-order valence-corrected chi connectivity index (χ1v) is 12.8. The Morgan fingerprint density at radius 3 is 2.66 bits per heavy atom. The number of Topliss-reactive ketones (excluding diaryl/α,β-unsaturated/α-hetero) is 1. The summed E-state index contributed by atoms with van der Waals surface area (Å²) in [7, 11) is 0. The Morgan fingerprint density at radius 2 is 2.00 bits per heavy atom. The Labute approximate surface area is 197 Å². The Bertz CT molecular complexity index is 1160. The first-order chi connectivity index (χ1) is 15.1. The highest BCUT2D eigenvalue weighted by Gasteiger charge is 2.43. The zero-order chi connectivity index (χ0) is 23.2. The lowest BCUT2D eigenvalue weighted by molar-refractivity contribution is -0.118. The van der Waals surface area contributed by atoms with Gasteiger partial charge in [-0.15, -0.1) is 23.1 Å². The van der Waals surface area contributed by atoms with Gasteiger partial charge in [-0.3, -0.25) is 9.59 Å². The summed E-state index contributed by atoms with van der Waals surface area (Å²) in [6.45, 7) is 10.2. The number of dihydropyridines is 1. The van der Waals surface area contributed by atoms with Crippen LogP contribution in [0, 0.1) is 19.3 Å². The first kappa shape index (κ1) is 22.8. The van der Waals surface area contributed by atoms with Crippen LogP contribution in [0.3, 0.4) is 0 Å². The van der Waals surface area contributed by atoms with Crippen molar-refractivity contribution in [2.45, 2.75) is 57.6 Å². The molecule has 7 heteroatoms. The number of nitrogens with zero attached hydrogens (tertiary/aromatic N) is 1. The van der Waals surface area contributed by atoms with Gasteiger partial charge in [-0.1, -0.05) is 19.9 Å². The predicted octanol–water partition coefficient (Wildman–Crippen LogP) is 5.72. The van der Waals surface area contributed by atoms with Gasteiger partial charge in [0.05, 0.1) is 4.21 Å². The molecule has 0 bridgehead atoms. The van der Waals surface area contributed by atoms with E-state index in [1.54, 1.807) is 35.4 Å². The molecular formula is C25H29N3O2S2. The molecule has 2 aromatic rings. The summed E-state index contributed by atoms with van der Waals surface area (Å²) >= 11 is 3.38. The number of pyridine rings is 1. The monoisotopic (exact) mass is 467 g/mol. The fourth-order valence-electron chi connectivity index (χ4n) is 4.65. The third-order valence-electron chi connectivity index (χ3n) is 5.98. The number of ketones is 1. The van der Waals surface area contributed by atoms with E-state index >= 15 is 0 Å². The number of amides is 1. The van der Waals surface area contributed by atoms with Crippen molar-refractivity contribution in [3.8, 4) is 0 Å². The summed E-state index contributed by atoms with van der Waals surface area (Å²) in [5.41, 5.74) is 5.04. The maximum absolute atomic E-state index is 13.6. The van der Waals surface area contributed by atoms with Crippen molar-refractivity contribution in [1.29, 1.82) is 0 Å². The van der Waals surface area contributed by atoms with Crippen LogP contribution >= 0.6 is 23.1 Å². The number of nitrogens with one attached hydrogen (secondary N) is 2. The Kier molecular flexibility index (Phi) is 6.07. The lowest BCUT2D eigenvalue weighted by Crippen LogP contribution is -2.39. The molecule has 2 aliphatic rings. The summed E-state index contributed by atoms with van der Waals surface area (Å²) < 4.78 is 1.14. The molecular weight excluding hydrogens is 438 g/mol. The highest BCUT2D eigenvalue weighted by molar-refractivity contribution is 8.00. The molecule has 0 saturated carbocycles. The molecule has 5 nitrogen and oxygen atoms in total. The van der Waals surface area contributed by atoms with Crippen LogP contribution in [0.15, 0.2) is 51.1 Å². The van der Waals surface area contributed by atoms with Gasteiger partial charge in [-0.05, 0) is 62.1 Å². The van der Waals surface area contributed by atoms with Gasteiger partial charge in [0.25, 0.3) is 5.91 Å². The predicted molar refractivity (Wildman–Crippen MR) is 132 cm³/mol. The van der Waals surface area contributed by atoms with Crippen molar-refractivity contribution in [3.63, 3.8) is 0 Å². The molecule has 32 heavy (non-hydrogen) atoms. The Hall–Kier alpha value is -2.38. The second-order valence-corrected chi connectivity index (χ2v) is 11.7. The van der Waals surface area contributed by atoms with Crippen LogP contribution in [0.5, 0.6) is 0 Å². The van der Waals surface area contributed by atoms with E-state index in [2.05, 4.69) is 42.5 Å². The van der Waals surface area contributed by atoms with Gasteiger partial charge >= 0.3 is 0 Å². The number of carbonyl (C=O) groups is 2. The molecule has 0 radical (unpaired) electrons. The standard InChI is InChI=1S/C25H29N3O2S2/c1-13-7-8-19(26-12-13)28-23(30)20-15(3)27-17-10-25(4,5)11-18(29)22(17)21(20)16-9-14(2)32-24(16)31-6/h7-9,12,21,27H,10-11H2,1-6H3,(H,26,28,30)/t21-/m0/s1. The van der Waals surface area contributed by atoms with E-state index in [-0.39, 0.29) is 23.0 Å². The fourth-order valence-corrected chi connectivity index (χ4v) is 6.56. The number of anilines is 1. The minimum atomic E-state index is -0.382. The molecule has 0 fully saturated rings. The van der Waals surface area contributed by atoms with Crippen molar-refractivity contribution in [1.82, 2.24) is 10.3 Å². The van der Waals surface area contributed by atoms with Crippen LogP contribution in [-0.4, -0.2) is 22.9 Å². The van der Waals surface area contributed by atoms with Gasteiger partial charge < -0.3 is 10.6 Å². The number of aromatic nitrogens is 1. The summed E-state index contributed by atoms with van der Waals surface area (Å²) in [5, 5.41) is 6.38. The summed E-state index contributed by atoms with van der Waals surface area (Å²) in [5.74, 6) is 0.0159. The van der Waals surface area contributed by atoms with Gasteiger partial charge in [0.1, 0.15) is 5.82 Å². The van der Waals surface area contributed by atoms with Gasteiger partial charge in [-0.25, -0.2) is 4.98 Å². The van der Waals surface area contributed by atoms with Crippen LogP contribution < -0.4 is 10.6 Å². The van der Waals surface area contributed by atoms with Gasteiger partial charge in [-0.2, -0.15) is 0 Å². The van der Waals surface area contributed by atoms with E-state index < -0.39 is 0 Å². The molecule has 4 rings (SSSR count). The van der Waals surface area contributed by atoms with Crippen LogP contribution in [-0.2, 0) is 9.59 Å².